The van der Waals surface area contributed by atoms with Crippen molar-refractivity contribution in [3.05, 3.63) is 23.8 Å². The number of hydrogen-bond acceptors (Lipinski definition) is 4. The Morgan fingerprint density at radius 2 is 1.86 bits per heavy atom. The highest BCUT2D eigenvalue weighted by Crippen LogP contribution is 2.24. The first-order valence-electron chi connectivity index (χ1n) is 6.85. The molecule has 6 heteroatoms. The maximum Gasteiger partial charge on any atom is 0.239 e. The van der Waals surface area contributed by atoms with Crippen molar-refractivity contribution in [1.82, 2.24) is 10.6 Å². The van der Waals surface area contributed by atoms with Gasteiger partial charge in [-0.25, -0.2) is 0 Å². The van der Waals surface area contributed by atoms with Gasteiger partial charge in [-0.2, -0.15) is 0 Å². The van der Waals surface area contributed by atoms with Gasteiger partial charge in [0.05, 0.1) is 27.2 Å². The van der Waals surface area contributed by atoms with Crippen molar-refractivity contribution in [2.24, 2.45) is 0 Å². The van der Waals surface area contributed by atoms with Crippen LogP contribution >= 0.6 is 0 Å². The molecule has 2 amide bonds. The number of hydrogen-bond donors (Lipinski definition) is 2. The molecular weight excluding hydrogens is 272 g/mol. The van der Waals surface area contributed by atoms with E-state index in [9.17, 15) is 9.59 Å². The molecule has 0 heterocycles. The summed E-state index contributed by atoms with van der Waals surface area (Å²) in [6.07, 6.45) is 0.988. The molecule has 0 unspecified atom stereocenters. The molecule has 0 aliphatic heterocycles. The van der Waals surface area contributed by atoms with Crippen LogP contribution in [0.15, 0.2) is 18.2 Å². The molecule has 1 rings (SSSR count). The lowest BCUT2D eigenvalue weighted by Crippen LogP contribution is -2.37. The van der Waals surface area contributed by atoms with E-state index in [4.69, 9.17) is 9.47 Å². The van der Waals surface area contributed by atoms with Crippen LogP contribution in [0.25, 0.3) is 0 Å². The fourth-order valence-corrected chi connectivity index (χ4v) is 1.76. The third-order valence-corrected chi connectivity index (χ3v) is 2.86. The molecule has 1 aromatic rings. The average molecular weight is 294 g/mol. The van der Waals surface area contributed by atoms with Crippen LogP contribution in [0.3, 0.4) is 0 Å². The SMILES string of the molecule is CCCNC(=O)CNC(=O)Cc1cc(OC)ccc1OC. The van der Waals surface area contributed by atoms with E-state index in [2.05, 4.69) is 10.6 Å². The van der Waals surface area contributed by atoms with Gasteiger partial charge in [0, 0.05) is 12.1 Å². The van der Waals surface area contributed by atoms with E-state index in [-0.39, 0.29) is 24.8 Å². The molecule has 0 aliphatic carbocycles. The summed E-state index contributed by atoms with van der Waals surface area (Å²) in [6.45, 7) is 2.55. The summed E-state index contributed by atoms with van der Waals surface area (Å²) in [5, 5.41) is 5.28. The number of carbonyl (C=O) groups is 2. The van der Waals surface area contributed by atoms with Gasteiger partial charge in [-0.05, 0) is 24.6 Å². The lowest BCUT2D eigenvalue weighted by Gasteiger charge is -2.11. The van der Waals surface area contributed by atoms with E-state index in [1.54, 1.807) is 32.4 Å². The molecule has 6 nitrogen and oxygen atoms in total. The van der Waals surface area contributed by atoms with Crippen molar-refractivity contribution in [3.63, 3.8) is 0 Å². The lowest BCUT2D eigenvalue weighted by atomic mass is 10.1. The summed E-state index contributed by atoms with van der Waals surface area (Å²) in [7, 11) is 3.10. The molecule has 0 spiro atoms. The average Bonchev–Trinajstić information content (AvgIpc) is 2.50. The van der Waals surface area contributed by atoms with Crippen molar-refractivity contribution < 1.29 is 19.1 Å². The van der Waals surface area contributed by atoms with Crippen LogP contribution in [0.4, 0.5) is 0 Å². The van der Waals surface area contributed by atoms with E-state index in [0.717, 1.165) is 6.42 Å². The van der Waals surface area contributed by atoms with E-state index in [1.165, 1.54) is 0 Å². The van der Waals surface area contributed by atoms with E-state index in [0.29, 0.717) is 23.6 Å². The van der Waals surface area contributed by atoms with Crippen LogP contribution in [-0.2, 0) is 16.0 Å². The standard InChI is InChI=1S/C15H22N2O4/c1-4-7-16-15(19)10-17-14(18)9-11-8-12(20-2)5-6-13(11)21-3/h5-6,8H,4,7,9-10H2,1-3H3,(H,16,19)(H,17,18). The van der Waals surface area contributed by atoms with Gasteiger partial charge < -0.3 is 20.1 Å². The maximum atomic E-state index is 11.9. The smallest absolute Gasteiger partial charge is 0.239 e. The molecule has 0 atom stereocenters. The quantitative estimate of drug-likeness (QED) is 0.746. The minimum Gasteiger partial charge on any atom is -0.497 e. The van der Waals surface area contributed by atoms with Crippen LogP contribution in [0.5, 0.6) is 11.5 Å². The topological polar surface area (TPSA) is 76.7 Å². The van der Waals surface area contributed by atoms with Crippen molar-refractivity contribution in [1.29, 1.82) is 0 Å². The highest BCUT2D eigenvalue weighted by molar-refractivity contribution is 5.86. The number of amides is 2. The number of nitrogens with one attached hydrogen (secondary N) is 2. The zero-order chi connectivity index (χ0) is 15.7. The Balaban J connectivity index is 2.56. The van der Waals surface area contributed by atoms with Gasteiger partial charge >= 0.3 is 0 Å². The second-order valence-electron chi connectivity index (χ2n) is 4.48. The molecule has 0 fully saturated rings. The lowest BCUT2D eigenvalue weighted by molar-refractivity contribution is -0.125. The monoisotopic (exact) mass is 294 g/mol. The molecule has 0 bridgehead atoms. The third kappa shape index (κ3) is 5.72. The van der Waals surface area contributed by atoms with Crippen LogP contribution < -0.4 is 20.1 Å². The van der Waals surface area contributed by atoms with Crippen LogP contribution in [0, 0.1) is 0 Å². The van der Waals surface area contributed by atoms with Gasteiger partial charge in [0.1, 0.15) is 11.5 Å². The molecule has 0 saturated carbocycles. The van der Waals surface area contributed by atoms with Gasteiger partial charge in [-0.15, -0.1) is 0 Å². The zero-order valence-electron chi connectivity index (χ0n) is 12.7. The Kier molecular flexibility index (Phi) is 7.08. The van der Waals surface area contributed by atoms with E-state index < -0.39 is 0 Å². The van der Waals surface area contributed by atoms with Crippen molar-refractivity contribution in [3.8, 4) is 11.5 Å². The highest BCUT2D eigenvalue weighted by atomic mass is 16.5. The fraction of sp³-hybridized carbons (Fsp3) is 0.467. The first kappa shape index (κ1) is 16.8. The number of carbonyl (C=O) groups excluding carboxylic acids is 2. The van der Waals surface area contributed by atoms with Crippen molar-refractivity contribution >= 4 is 11.8 Å². The maximum absolute atomic E-state index is 11.9. The van der Waals surface area contributed by atoms with Crippen LogP contribution in [-0.4, -0.2) is 39.1 Å². The van der Waals surface area contributed by atoms with Gasteiger partial charge in [0.15, 0.2) is 0 Å². The zero-order valence-corrected chi connectivity index (χ0v) is 12.7. The first-order chi connectivity index (χ1) is 10.1. The number of rotatable bonds is 8. The Morgan fingerprint density at radius 3 is 2.48 bits per heavy atom. The summed E-state index contributed by atoms with van der Waals surface area (Å²) in [6, 6.07) is 5.25. The van der Waals surface area contributed by atoms with Gasteiger partial charge in [-0.1, -0.05) is 6.92 Å². The second kappa shape index (κ2) is 8.84. The largest absolute Gasteiger partial charge is 0.497 e. The molecule has 0 radical (unpaired) electrons. The molecule has 0 aromatic heterocycles. The molecule has 2 N–H and O–H groups in total. The Morgan fingerprint density at radius 1 is 1.10 bits per heavy atom. The van der Waals surface area contributed by atoms with Gasteiger partial charge in [-0.3, -0.25) is 9.59 Å². The summed E-state index contributed by atoms with van der Waals surface area (Å²) in [5.74, 6) is 0.830. The predicted octanol–water partition coefficient (Wildman–Crippen LogP) is 0.889. The summed E-state index contributed by atoms with van der Waals surface area (Å²) >= 11 is 0. The Bertz CT molecular complexity index is 489. The molecule has 0 saturated heterocycles. The fourth-order valence-electron chi connectivity index (χ4n) is 1.76. The highest BCUT2D eigenvalue weighted by Gasteiger charge is 2.11. The van der Waals surface area contributed by atoms with E-state index >= 15 is 0 Å². The molecular formula is C15H22N2O4. The summed E-state index contributed by atoms with van der Waals surface area (Å²) < 4.78 is 10.3. The number of ether oxygens (including phenoxy) is 2. The minimum absolute atomic E-state index is 0.0227. The Hall–Kier alpha value is -2.24. The van der Waals surface area contributed by atoms with Gasteiger partial charge in [0.2, 0.25) is 11.8 Å². The van der Waals surface area contributed by atoms with Crippen molar-refractivity contribution in [2.45, 2.75) is 19.8 Å². The van der Waals surface area contributed by atoms with Crippen LogP contribution in [0.1, 0.15) is 18.9 Å². The summed E-state index contributed by atoms with van der Waals surface area (Å²) in [5.41, 5.74) is 0.711. The molecule has 1 aromatic carbocycles. The minimum atomic E-state index is -0.242. The van der Waals surface area contributed by atoms with Crippen molar-refractivity contribution in [2.75, 3.05) is 27.3 Å². The molecule has 21 heavy (non-hydrogen) atoms. The first-order valence-corrected chi connectivity index (χ1v) is 6.85. The normalized spacial score (nSPS) is 9.86. The van der Waals surface area contributed by atoms with E-state index in [1.807, 2.05) is 6.92 Å². The number of methoxy groups -OCH3 is 2. The predicted molar refractivity (Wildman–Crippen MR) is 79.6 cm³/mol. The molecule has 116 valence electrons. The molecule has 0 aliphatic rings. The third-order valence-electron chi connectivity index (χ3n) is 2.86. The van der Waals surface area contributed by atoms with Gasteiger partial charge in [0.25, 0.3) is 0 Å². The summed E-state index contributed by atoms with van der Waals surface area (Å²) in [4.78, 5) is 23.3. The van der Waals surface area contributed by atoms with Crippen LogP contribution in [0.2, 0.25) is 0 Å². The second-order valence-corrected chi connectivity index (χ2v) is 4.48. The Labute approximate surface area is 124 Å². The number of benzene rings is 1.